The van der Waals surface area contributed by atoms with Gasteiger partial charge in [0.25, 0.3) is 15.9 Å². The van der Waals surface area contributed by atoms with Crippen LogP contribution in [0.5, 0.6) is 11.5 Å². The Morgan fingerprint density at radius 3 is 2.32 bits per heavy atom. The van der Waals surface area contributed by atoms with Gasteiger partial charge in [-0.2, -0.15) is 0 Å². The molecule has 2 aromatic carbocycles. The molecule has 0 radical (unpaired) electrons. The summed E-state index contributed by atoms with van der Waals surface area (Å²) in [5, 5.41) is 0. The third-order valence-corrected chi connectivity index (χ3v) is 6.64. The molecule has 1 fully saturated rings. The molecule has 31 heavy (non-hydrogen) atoms. The molecule has 0 aliphatic carbocycles. The first-order valence-corrected chi connectivity index (χ1v) is 11.9. The van der Waals surface area contributed by atoms with Gasteiger partial charge in [-0.15, -0.1) is 0 Å². The van der Waals surface area contributed by atoms with Crippen molar-refractivity contribution >= 4 is 21.6 Å². The van der Waals surface area contributed by atoms with E-state index in [0.717, 1.165) is 12.8 Å². The molecule has 3 rings (SSSR count). The third-order valence-electron chi connectivity index (χ3n) is 5.26. The van der Waals surface area contributed by atoms with Crippen LogP contribution in [-0.2, 0) is 10.0 Å². The standard InChI is InChI=1S/C23H30N2O5S/c1-16(2)30-19-7-5-18(6-8-19)24-31(27,28)20-9-10-22(29-4)21(15-20)23(26)25-13-11-17(3)12-14-25/h5-10,15-17,24H,11-14H2,1-4H3. The fourth-order valence-electron chi connectivity index (χ4n) is 3.49. The number of piperidine rings is 1. The first-order valence-electron chi connectivity index (χ1n) is 10.5. The molecule has 0 unspecified atom stereocenters. The predicted octanol–water partition coefficient (Wildman–Crippen LogP) is 4.16. The molecule has 1 saturated heterocycles. The van der Waals surface area contributed by atoms with Gasteiger partial charge in [0.05, 0.1) is 23.7 Å². The molecule has 8 heteroatoms. The van der Waals surface area contributed by atoms with Gasteiger partial charge in [-0.25, -0.2) is 8.42 Å². The Bertz CT molecular complexity index is 1010. The zero-order valence-corrected chi connectivity index (χ0v) is 19.2. The minimum absolute atomic E-state index is 0.00420. The Balaban J connectivity index is 1.82. The molecular formula is C23H30N2O5S. The lowest BCUT2D eigenvalue weighted by molar-refractivity contribution is 0.0693. The fourth-order valence-corrected chi connectivity index (χ4v) is 4.58. The first-order chi connectivity index (χ1) is 14.7. The lowest BCUT2D eigenvalue weighted by Gasteiger charge is -2.30. The molecule has 1 amide bonds. The van der Waals surface area contributed by atoms with Crippen molar-refractivity contribution in [2.45, 2.75) is 44.6 Å². The number of sulfonamides is 1. The van der Waals surface area contributed by atoms with Gasteiger partial charge in [0.15, 0.2) is 0 Å². The Labute approximate surface area is 184 Å². The van der Waals surface area contributed by atoms with Crippen LogP contribution in [0.2, 0.25) is 0 Å². The van der Waals surface area contributed by atoms with Crippen molar-refractivity contribution in [3.63, 3.8) is 0 Å². The van der Waals surface area contributed by atoms with E-state index in [4.69, 9.17) is 9.47 Å². The monoisotopic (exact) mass is 446 g/mol. The SMILES string of the molecule is COc1ccc(S(=O)(=O)Nc2ccc(OC(C)C)cc2)cc1C(=O)N1CCC(C)CC1. The number of nitrogens with one attached hydrogen (secondary N) is 1. The fraction of sp³-hybridized carbons (Fsp3) is 0.435. The Morgan fingerprint density at radius 2 is 1.74 bits per heavy atom. The van der Waals surface area contributed by atoms with Crippen LogP contribution in [0.15, 0.2) is 47.4 Å². The number of anilines is 1. The highest BCUT2D eigenvalue weighted by atomic mass is 32.2. The molecule has 0 saturated carbocycles. The van der Waals surface area contributed by atoms with Crippen LogP contribution in [-0.4, -0.2) is 45.5 Å². The van der Waals surface area contributed by atoms with Crippen LogP contribution in [0.3, 0.4) is 0 Å². The van der Waals surface area contributed by atoms with Gasteiger partial charge in [0.1, 0.15) is 11.5 Å². The zero-order chi connectivity index (χ0) is 22.6. The number of carbonyl (C=O) groups excluding carboxylic acids is 1. The number of benzene rings is 2. The molecule has 0 atom stereocenters. The number of carbonyl (C=O) groups is 1. The Kier molecular flexibility index (Phi) is 7.10. The highest BCUT2D eigenvalue weighted by Crippen LogP contribution is 2.27. The van der Waals surface area contributed by atoms with E-state index in [9.17, 15) is 13.2 Å². The van der Waals surface area contributed by atoms with Crippen LogP contribution in [0, 0.1) is 5.92 Å². The van der Waals surface area contributed by atoms with E-state index in [0.29, 0.717) is 36.2 Å². The Morgan fingerprint density at radius 1 is 1.10 bits per heavy atom. The number of rotatable bonds is 7. The summed E-state index contributed by atoms with van der Waals surface area (Å²) < 4.78 is 39.4. The van der Waals surface area contributed by atoms with E-state index in [1.807, 2.05) is 13.8 Å². The lowest BCUT2D eigenvalue weighted by atomic mass is 9.98. The smallest absolute Gasteiger partial charge is 0.261 e. The van der Waals surface area contributed by atoms with Crippen LogP contribution < -0.4 is 14.2 Å². The molecule has 1 aliphatic heterocycles. The number of nitrogens with zero attached hydrogens (tertiary/aromatic N) is 1. The van der Waals surface area contributed by atoms with Crippen LogP contribution >= 0.6 is 0 Å². The van der Waals surface area contributed by atoms with E-state index in [1.54, 1.807) is 29.2 Å². The van der Waals surface area contributed by atoms with Crippen LogP contribution in [0.25, 0.3) is 0 Å². The highest BCUT2D eigenvalue weighted by Gasteiger charge is 2.26. The van der Waals surface area contributed by atoms with Gasteiger partial charge in [0.2, 0.25) is 0 Å². The predicted molar refractivity (Wildman–Crippen MR) is 120 cm³/mol. The van der Waals surface area contributed by atoms with Gasteiger partial charge in [-0.3, -0.25) is 9.52 Å². The summed E-state index contributed by atoms with van der Waals surface area (Å²) in [5.74, 6) is 1.39. The quantitative estimate of drug-likeness (QED) is 0.690. The lowest BCUT2D eigenvalue weighted by Crippen LogP contribution is -2.38. The van der Waals surface area contributed by atoms with E-state index in [2.05, 4.69) is 11.6 Å². The molecular weight excluding hydrogens is 416 g/mol. The highest BCUT2D eigenvalue weighted by molar-refractivity contribution is 7.92. The van der Waals surface area contributed by atoms with E-state index in [1.165, 1.54) is 25.3 Å². The van der Waals surface area contributed by atoms with E-state index in [-0.39, 0.29) is 22.5 Å². The van der Waals surface area contributed by atoms with Crippen molar-refractivity contribution in [2.24, 2.45) is 5.92 Å². The average molecular weight is 447 g/mol. The maximum absolute atomic E-state index is 13.1. The van der Waals surface area contributed by atoms with Crippen LogP contribution in [0.4, 0.5) is 5.69 Å². The van der Waals surface area contributed by atoms with Crippen molar-refractivity contribution in [3.8, 4) is 11.5 Å². The summed E-state index contributed by atoms with van der Waals surface area (Å²) in [4.78, 5) is 14.8. The van der Waals surface area contributed by atoms with Crippen molar-refractivity contribution < 1.29 is 22.7 Å². The number of amides is 1. The summed E-state index contributed by atoms with van der Waals surface area (Å²) in [6.07, 6.45) is 1.90. The van der Waals surface area contributed by atoms with Gasteiger partial charge in [0, 0.05) is 18.8 Å². The zero-order valence-electron chi connectivity index (χ0n) is 18.4. The number of hydrogen-bond acceptors (Lipinski definition) is 5. The van der Waals surface area contributed by atoms with Crippen molar-refractivity contribution in [2.75, 3.05) is 24.9 Å². The maximum Gasteiger partial charge on any atom is 0.261 e. The van der Waals surface area contributed by atoms with E-state index < -0.39 is 10.0 Å². The summed E-state index contributed by atoms with van der Waals surface area (Å²) in [6.45, 7) is 7.32. The third kappa shape index (κ3) is 5.70. The van der Waals surface area contributed by atoms with Gasteiger partial charge < -0.3 is 14.4 Å². The van der Waals surface area contributed by atoms with Crippen LogP contribution in [0.1, 0.15) is 44.0 Å². The molecule has 0 spiro atoms. The van der Waals surface area contributed by atoms with E-state index >= 15 is 0 Å². The summed E-state index contributed by atoms with van der Waals surface area (Å²) in [7, 11) is -2.42. The molecule has 168 valence electrons. The second-order valence-corrected chi connectivity index (χ2v) is 9.82. The molecule has 7 nitrogen and oxygen atoms in total. The molecule has 0 aromatic heterocycles. The summed E-state index contributed by atoms with van der Waals surface area (Å²) in [6, 6.07) is 11.0. The number of likely N-dealkylation sites (tertiary alicyclic amines) is 1. The first kappa shape index (κ1) is 22.9. The molecule has 2 aromatic rings. The second-order valence-electron chi connectivity index (χ2n) is 8.13. The normalized spacial score (nSPS) is 15.1. The molecule has 1 N–H and O–H groups in total. The number of hydrogen-bond donors (Lipinski definition) is 1. The van der Waals surface area contributed by atoms with Gasteiger partial charge in [-0.1, -0.05) is 6.92 Å². The molecule has 1 aliphatic rings. The topological polar surface area (TPSA) is 84.9 Å². The molecule has 1 heterocycles. The number of ether oxygens (including phenoxy) is 2. The van der Waals surface area contributed by atoms with Gasteiger partial charge in [-0.05, 0) is 75.1 Å². The summed E-state index contributed by atoms with van der Waals surface area (Å²) >= 11 is 0. The van der Waals surface area contributed by atoms with Crippen molar-refractivity contribution in [1.82, 2.24) is 4.90 Å². The number of methoxy groups -OCH3 is 1. The maximum atomic E-state index is 13.1. The largest absolute Gasteiger partial charge is 0.496 e. The van der Waals surface area contributed by atoms with Crippen molar-refractivity contribution in [1.29, 1.82) is 0 Å². The average Bonchev–Trinajstić information content (AvgIpc) is 2.74. The van der Waals surface area contributed by atoms with Gasteiger partial charge >= 0.3 is 0 Å². The molecule has 0 bridgehead atoms. The minimum atomic E-state index is -3.89. The van der Waals surface area contributed by atoms with Crippen molar-refractivity contribution in [3.05, 3.63) is 48.0 Å². The summed E-state index contributed by atoms with van der Waals surface area (Å²) in [5.41, 5.74) is 0.658. The minimum Gasteiger partial charge on any atom is -0.496 e. The Hall–Kier alpha value is -2.74. The second kappa shape index (κ2) is 9.60.